The maximum atomic E-state index is 6.12. The summed E-state index contributed by atoms with van der Waals surface area (Å²) in [5.74, 6) is 0.434. The highest BCUT2D eigenvalue weighted by Gasteiger charge is 2.44. The van der Waals surface area contributed by atoms with E-state index in [1.807, 2.05) is 17.8 Å². The summed E-state index contributed by atoms with van der Waals surface area (Å²) in [6.45, 7) is 2.23. The van der Waals surface area contributed by atoms with Gasteiger partial charge in [0, 0.05) is 16.5 Å². The Balaban J connectivity index is 2.18. The minimum atomic E-state index is 0.0262. The summed E-state index contributed by atoms with van der Waals surface area (Å²) in [5, 5.41) is 0. The van der Waals surface area contributed by atoms with Gasteiger partial charge in [-0.15, -0.1) is 11.8 Å². The Bertz CT molecular complexity index is 475. The van der Waals surface area contributed by atoms with Gasteiger partial charge in [0.25, 0.3) is 0 Å². The predicted octanol–water partition coefficient (Wildman–Crippen LogP) is 3.05. The fraction of sp³-hybridized carbons (Fsp3) is 0.231. The molecule has 0 aromatic heterocycles. The third kappa shape index (κ3) is 1.11. The standard InChI is InChI=1S/C13H13NS/c1-13-10(6-4-8-12(13)14)9-5-2-3-7-11(9)15-13/h2-8,10H,14H2,1H3. The molecule has 2 heteroatoms. The topological polar surface area (TPSA) is 26.0 Å². The quantitative estimate of drug-likeness (QED) is 0.720. The maximum Gasteiger partial charge on any atom is 0.0675 e. The minimum Gasteiger partial charge on any atom is -0.401 e. The van der Waals surface area contributed by atoms with E-state index in [1.54, 1.807) is 0 Å². The molecule has 1 nitrogen and oxygen atoms in total. The van der Waals surface area contributed by atoms with Crippen LogP contribution in [0.5, 0.6) is 0 Å². The Hall–Kier alpha value is -1.15. The third-order valence-corrected chi connectivity index (χ3v) is 4.83. The first kappa shape index (κ1) is 9.10. The SMILES string of the molecule is CC12Sc3ccccc3C1C=CC=C2N. The normalized spacial score (nSPS) is 32.1. The molecule has 0 spiro atoms. The average Bonchev–Trinajstić information content (AvgIpc) is 2.53. The molecule has 2 aliphatic rings. The summed E-state index contributed by atoms with van der Waals surface area (Å²) in [7, 11) is 0. The Morgan fingerprint density at radius 1 is 1.33 bits per heavy atom. The summed E-state index contributed by atoms with van der Waals surface area (Å²) in [6.07, 6.45) is 6.36. The summed E-state index contributed by atoms with van der Waals surface area (Å²) >= 11 is 1.89. The molecular formula is C13H13NS. The molecule has 0 saturated heterocycles. The van der Waals surface area contributed by atoms with E-state index in [-0.39, 0.29) is 4.75 Å². The highest BCUT2D eigenvalue weighted by atomic mass is 32.2. The summed E-state index contributed by atoms with van der Waals surface area (Å²) in [4.78, 5) is 1.37. The Labute approximate surface area is 94.1 Å². The Morgan fingerprint density at radius 2 is 2.13 bits per heavy atom. The molecule has 0 radical (unpaired) electrons. The highest BCUT2D eigenvalue weighted by Crippen LogP contribution is 2.56. The molecule has 2 atom stereocenters. The number of thioether (sulfide) groups is 1. The van der Waals surface area contributed by atoms with Crippen molar-refractivity contribution >= 4 is 11.8 Å². The van der Waals surface area contributed by atoms with Gasteiger partial charge in [0.05, 0.1) is 4.75 Å². The lowest BCUT2D eigenvalue weighted by Crippen LogP contribution is -2.32. The van der Waals surface area contributed by atoms with Crippen LogP contribution in [0.1, 0.15) is 18.4 Å². The zero-order chi connectivity index (χ0) is 10.5. The molecule has 1 aliphatic heterocycles. The van der Waals surface area contributed by atoms with Crippen LogP contribution < -0.4 is 5.73 Å². The van der Waals surface area contributed by atoms with Crippen LogP contribution in [0.15, 0.2) is 53.1 Å². The molecule has 0 amide bonds. The molecule has 3 rings (SSSR count). The Kier molecular flexibility index (Phi) is 1.77. The summed E-state index contributed by atoms with van der Waals surface area (Å²) in [6, 6.07) is 8.59. The van der Waals surface area contributed by atoms with E-state index in [9.17, 15) is 0 Å². The number of hydrogen-bond acceptors (Lipinski definition) is 2. The molecule has 0 bridgehead atoms. The number of allylic oxidation sites excluding steroid dienone is 3. The van der Waals surface area contributed by atoms with Gasteiger partial charge < -0.3 is 5.73 Å². The van der Waals surface area contributed by atoms with Crippen LogP contribution in [0, 0.1) is 0 Å². The van der Waals surface area contributed by atoms with Crippen molar-refractivity contribution in [2.75, 3.05) is 0 Å². The first-order valence-corrected chi connectivity index (χ1v) is 5.96. The predicted molar refractivity (Wildman–Crippen MR) is 64.9 cm³/mol. The van der Waals surface area contributed by atoms with Gasteiger partial charge in [-0.1, -0.05) is 30.4 Å². The summed E-state index contributed by atoms with van der Waals surface area (Å²) < 4.78 is 0.0262. The van der Waals surface area contributed by atoms with Gasteiger partial charge in [0.15, 0.2) is 0 Å². The first-order valence-electron chi connectivity index (χ1n) is 5.14. The van der Waals surface area contributed by atoms with E-state index in [1.165, 1.54) is 10.5 Å². The van der Waals surface area contributed by atoms with E-state index < -0.39 is 0 Å². The molecule has 1 aromatic carbocycles. The minimum absolute atomic E-state index is 0.0262. The van der Waals surface area contributed by atoms with E-state index >= 15 is 0 Å². The molecule has 76 valence electrons. The lowest BCUT2D eigenvalue weighted by molar-refractivity contribution is 0.657. The van der Waals surface area contributed by atoms with Crippen molar-refractivity contribution in [1.29, 1.82) is 0 Å². The Morgan fingerprint density at radius 3 is 3.00 bits per heavy atom. The van der Waals surface area contributed by atoms with Crippen LogP contribution in [-0.4, -0.2) is 4.75 Å². The molecular weight excluding hydrogens is 202 g/mol. The molecule has 2 N–H and O–H groups in total. The van der Waals surface area contributed by atoms with Gasteiger partial charge in [-0.25, -0.2) is 0 Å². The second-order valence-corrected chi connectivity index (χ2v) is 5.72. The smallest absolute Gasteiger partial charge is 0.0675 e. The van der Waals surface area contributed by atoms with E-state index in [4.69, 9.17) is 5.73 Å². The van der Waals surface area contributed by atoms with Gasteiger partial charge in [-0.2, -0.15) is 0 Å². The van der Waals surface area contributed by atoms with Crippen LogP contribution in [0.2, 0.25) is 0 Å². The van der Waals surface area contributed by atoms with Crippen LogP contribution in [-0.2, 0) is 0 Å². The van der Waals surface area contributed by atoms with Gasteiger partial charge in [-0.05, 0) is 24.6 Å². The monoisotopic (exact) mass is 215 g/mol. The van der Waals surface area contributed by atoms with E-state index in [0.717, 1.165) is 5.70 Å². The van der Waals surface area contributed by atoms with Crippen molar-refractivity contribution in [1.82, 2.24) is 0 Å². The van der Waals surface area contributed by atoms with Crippen molar-refractivity contribution in [3.63, 3.8) is 0 Å². The maximum absolute atomic E-state index is 6.12. The highest BCUT2D eigenvalue weighted by molar-refractivity contribution is 8.01. The molecule has 1 aliphatic carbocycles. The molecule has 1 heterocycles. The number of nitrogens with two attached hydrogens (primary N) is 1. The molecule has 15 heavy (non-hydrogen) atoms. The molecule has 1 aromatic rings. The van der Waals surface area contributed by atoms with E-state index in [0.29, 0.717) is 5.92 Å². The second kappa shape index (κ2) is 2.92. The zero-order valence-electron chi connectivity index (χ0n) is 8.60. The number of fused-ring (bicyclic) bond motifs is 3. The number of rotatable bonds is 0. The number of hydrogen-bond donors (Lipinski definition) is 1. The largest absolute Gasteiger partial charge is 0.401 e. The summed E-state index contributed by atoms with van der Waals surface area (Å²) in [5.41, 5.74) is 8.52. The van der Waals surface area contributed by atoms with Gasteiger partial charge in [-0.3, -0.25) is 0 Å². The average molecular weight is 215 g/mol. The van der Waals surface area contributed by atoms with Gasteiger partial charge >= 0.3 is 0 Å². The van der Waals surface area contributed by atoms with Crippen molar-refractivity contribution < 1.29 is 0 Å². The van der Waals surface area contributed by atoms with Crippen LogP contribution in [0.25, 0.3) is 0 Å². The van der Waals surface area contributed by atoms with Gasteiger partial charge in [0.2, 0.25) is 0 Å². The van der Waals surface area contributed by atoms with Crippen molar-refractivity contribution in [3.8, 4) is 0 Å². The molecule has 2 unspecified atom stereocenters. The van der Waals surface area contributed by atoms with Gasteiger partial charge in [0.1, 0.15) is 0 Å². The lowest BCUT2D eigenvalue weighted by atomic mass is 9.82. The van der Waals surface area contributed by atoms with Crippen molar-refractivity contribution in [2.45, 2.75) is 22.5 Å². The van der Waals surface area contributed by atoms with Crippen LogP contribution >= 0.6 is 11.8 Å². The fourth-order valence-corrected chi connectivity index (χ4v) is 3.82. The molecule has 0 saturated carbocycles. The van der Waals surface area contributed by atoms with Crippen LogP contribution in [0.4, 0.5) is 0 Å². The van der Waals surface area contributed by atoms with Crippen LogP contribution in [0.3, 0.4) is 0 Å². The third-order valence-electron chi connectivity index (χ3n) is 3.32. The first-order chi connectivity index (χ1) is 7.22. The van der Waals surface area contributed by atoms with Crippen molar-refractivity contribution in [2.24, 2.45) is 5.73 Å². The zero-order valence-corrected chi connectivity index (χ0v) is 9.42. The number of benzene rings is 1. The van der Waals surface area contributed by atoms with Crippen molar-refractivity contribution in [3.05, 3.63) is 53.8 Å². The fourth-order valence-electron chi connectivity index (χ4n) is 2.38. The lowest BCUT2D eigenvalue weighted by Gasteiger charge is -2.31. The molecule has 0 fully saturated rings. The van der Waals surface area contributed by atoms with E-state index in [2.05, 4.69) is 43.3 Å². The second-order valence-electron chi connectivity index (χ2n) is 4.23.